The third-order valence-electron chi connectivity index (χ3n) is 3.77. The normalized spacial score (nSPS) is 11.7. The summed E-state index contributed by atoms with van der Waals surface area (Å²) in [6.45, 7) is 3.44. The summed E-state index contributed by atoms with van der Waals surface area (Å²) >= 11 is 0. The highest BCUT2D eigenvalue weighted by Crippen LogP contribution is 2.16. The van der Waals surface area contributed by atoms with Crippen molar-refractivity contribution in [3.8, 4) is 12.3 Å². The molecule has 2 aromatic carbocycles. The molecule has 2 rings (SSSR count). The minimum absolute atomic E-state index is 0.262. The van der Waals surface area contributed by atoms with Gasteiger partial charge in [0.15, 0.2) is 0 Å². The van der Waals surface area contributed by atoms with Crippen molar-refractivity contribution in [3.05, 3.63) is 71.8 Å². The third-order valence-corrected chi connectivity index (χ3v) is 3.77. The van der Waals surface area contributed by atoms with Crippen LogP contribution < -0.4 is 0 Å². The Bertz CT molecular complexity index is 620. The Balaban J connectivity index is 2.25. The zero-order valence-corrected chi connectivity index (χ0v) is 14.0. The van der Waals surface area contributed by atoms with Gasteiger partial charge in [-0.3, -0.25) is 9.69 Å². The molecule has 0 N–H and O–H groups in total. The summed E-state index contributed by atoms with van der Waals surface area (Å²) in [5.41, 5.74) is 2.28. The minimum Gasteiger partial charge on any atom is -0.465 e. The molecule has 0 saturated heterocycles. The first-order chi connectivity index (χ1) is 11.7. The summed E-state index contributed by atoms with van der Waals surface area (Å²) in [6.07, 6.45) is 5.84. The standard InChI is InChI=1S/C21H23NO2/c1-3-11-20(21(23)24-4-2)22(16-18-12-7-5-8-13-18)17-19-14-9-6-10-15-19/h1,5-10,12-15,20H,4,11,16-17H2,2H3/t20-/m0/s1. The van der Waals surface area contributed by atoms with Crippen molar-refractivity contribution in [2.75, 3.05) is 6.61 Å². The number of terminal acetylenes is 1. The van der Waals surface area contributed by atoms with Gasteiger partial charge in [-0.1, -0.05) is 60.7 Å². The number of hydrogen-bond donors (Lipinski definition) is 0. The number of nitrogens with zero attached hydrogens (tertiary/aromatic N) is 1. The number of benzene rings is 2. The second-order valence-electron chi connectivity index (χ2n) is 5.55. The predicted octanol–water partition coefficient (Wildman–Crippen LogP) is 3.64. The summed E-state index contributed by atoms with van der Waals surface area (Å²) in [5, 5.41) is 0. The van der Waals surface area contributed by atoms with E-state index < -0.39 is 6.04 Å². The zero-order valence-electron chi connectivity index (χ0n) is 14.0. The lowest BCUT2D eigenvalue weighted by atomic mass is 10.1. The van der Waals surface area contributed by atoms with Crippen LogP contribution in [-0.4, -0.2) is 23.5 Å². The van der Waals surface area contributed by atoms with Crippen LogP contribution in [0.15, 0.2) is 60.7 Å². The molecule has 0 radical (unpaired) electrons. The molecule has 0 saturated carbocycles. The second-order valence-corrected chi connectivity index (χ2v) is 5.55. The van der Waals surface area contributed by atoms with Gasteiger partial charge in [-0.25, -0.2) is 0 Å². The summed E-state index contributed by atoms with van der Waals surface area (Å²) in [6, 6.07) is 19.7. The first-order valence-electron chi connectivity index (χ1n) is 8.16. The lowest BCUT2D eigenvalue weighted by molar-refractivity contribution is -0.149. The van der Waals surface area contributed by atoms with E-state index in [1.165, 1.54) is 0 Å². The van der Waals surface area contributed by atoms with E-state index in [1.807, 2.05) is 43.3 Å². The molecular weight excluding hydrogens is 298 g/mol. The summed E-state index contributed by atoms with van der Waals surface area (Å²) in [5.74, 6) is 2.35. The molecule has 0 fully saturated rings. The van der Waals surface area contributed by atoms with E-state index in [0.717, 1.165) is 11.1 Å². The van der Waals surface area contributed by atoms with Crippen molar-refractivity contribution in [3.63, 3.8) is 0 Å². The number of carbonyl (C=O) groups is 1. The van der Waals surface area contributed by atoms with Crippen molar-refractivity contribution < 1.29 is 9.53 Å². The molecule has 1 atom stereocenters. The van der Waals surface area contributed by atoms with Crippen molar-refractivity contribution in [1.29, 1.82) is 0 Å². The third kappa shape index (κ3) is 5.26. The van der Waals surface area contributed by atoms with Gasteiger partial charge in [0.05, 0.1) is 6.61 Å². The quantitative estimate of drug-likeness (QED) is 0.549. The highest BCUT2D eigenvalue weighted by atomic mass is 16.5. The molecule has 0 spiro atoms. The fourth-order valence-electron chi connectivity index (χ4n) is 2.62. The molecule has 0 amide bonds. The van der Waals surface area contributed by atoms with Crippen LogP contribution in [0.5, 0.6) is 0 Å². The molecule has 0 bridgehead atoms. The average molecular weight is 321 g/mol. The van der Waals surface area contributed by atoms with Crippen LogP contribution in [0, 0.1) is 12.3 Å². The molecule has 0 aliphatic carbocycles. The van der Waals surface area contributed by atoms with Crippen LogP contribution in [0.1, 0.15) is 24.5 Å². The van der Waals surface area contributed by atoms with Gasteiger partial charge in [-0.15, -0.1) is 12.3 Å². The summed E-state index contributed by atoms with van der Waals surface area (Å²) in [7, 11) is 0. The van der Waals surface area contributed by atoms with Crippen LogP contribution in [-0.2, 0) is 22.6 Å². The Morgan fingerprint density at radius 2 is 1.54 bits per heavy atom. The number of hydrogen-bond acceptors (Lipinski definition) is 3. The Kier molecular flexibility index (Phi) is 7.07. The maximum atomic E-state index is 12.4. The first kappa shape index (κ1) is 17.8. The number of esters is 1. The van der Waals surface area contributed by atoms with Crippen LogP contribution in [0.2, 0.25) is 0 Å². The van der Waals surface area contributed by atoms with E-state index >= 15 is 0 Å². The number of rotatable bonds is 8. The zero-order chi connectivity index (χ0) is 17.2. The molecule has 24 heavy (non-hydrogen) atoms. The van der Waals surface area contributed by atoms with Crippen LogP contribution >= 0.6 is 0 Å². The van der Waals surface area contributed by atoms with Gasteiger partial charge in [-0.05, 0) is 18.1 Å². The van der Waals surface area contributed by atoms with Gasteiger partial charge in [0.1, 0.15) is 6.04 Å². The fourth-order valence-corrected chi connectivity index (χ4v) is 2.62. The minimum atomic E-state index is -0.449. The predicted molar refractivity (Wildman–Crippen MR) is 96.0 cm³/mol. The summed E-state index contributed by atoms with van der Waals surface area (Å²) < 4.78 is 5.24. The highest BCUT2D eigenvalue weighted by Gasteiger charge is 2.26. The van der Waals surface area contributed by atoms with E-state index in [4.69, 9.17) is 11.2 Å². The lowest BCUT2D eigenvalue weighted by Crippen LogP contribution is -2.41. The molecule has 2 aromatic rings. The Labute approximate surface area is 144 Å². The maximum Gasteiger partial charge on any atom is 0.324 e. The smallest absolute Gasteiger partial charge is 0.324 e. The van der Waals surface area contributed by atoms with Crippen molar-refractivity contribution in [2.45, 2.75) is 32.5 Å². The van der Waals surface area contributed by atoms with Crippen LogP contribution in [0.4, 0.5) is 0 Å². The largest absolute Gasteiger partial charge is 0.465 e. The second kappa shape index (κ2) is 9.54. The number of ether oxygens (including phenoxy) is 1. The van der Waals surface area contributed by atoms with E-state index in [2.05, 4.69) is 35.1 Å². The van der Waals surface area contributed by atoms with E-state index in [0.29, 0.717) is 26.1 Å². The van der Waals surface area contributed by atoms with Gasteiger partial charge in [-0.2, -0.15) is 0 Å². The SMILES string of the molecule is C#CC[C@@H](C(=O)OCC)N(Cc1ccccc1)Cc1ccccc1. The van der Waals surface area contributed by atoms with Crippen molar-refractivity contribution in [1.82, 2.24) is 4.90 Å². The fraction of sp³-hybridized carbons (Fsp3) is 0.286. The van der Waals surface area contributed by atoms with Gasteiger partial charge in [0.25, 0.3) is 0 Å². The van der Waals surface area contributed by atoms with E-state index in [1.54, 1.807) is 0 Å². The average Bonchev–Trinajstić information content (AvgIpc) is 2.61. The molecule has 0 aliphatic rings. The van der Waals surface area contributed by atoms with Crippen molar-refractivity contribution >= 4 is 5.97 Å². The molecule has 0 unspecified atom stereocenters. The molecular formula is C21H23NO2. The molecule has 0 heterocycles. The van der Waals surface area contributed by atoms with Gasteiger partial charge in [0, 0.05) is 19.5 Å². The number of carbonyl (C=O) groups excluding carboxylic acids is 1. The Morgan fingerprint density at radius 1 is 1.04 bits per heavy atom. The van der Waals surface area contributed by atoms with Crippen molar-refractivity contribution in [2.24, 2.45) is 0 Å². The molecule has 0 aliphatic heterocycles. The highest BCUT2D eigenvalue weighted by molar-refractivity contribution is 5.76. The van der Waals surface area contributed by atoms with Gasteiger partial charge in [0.2, 0.25) is 0 Å². The Hall–Kier alpha value is -2.57. The lowest BCUT2D eigenvalue weighted by Gasteiger charge is -2.29. The summed E-state index contributed by atoms with van der Waals surface area (Å²) in [4.78, 5) is 14.5. The van der Waals surface area contributed by atoms with Gasteiger partial charge >= 0.3 is 5.97 Å². The Morgan fingerprint density at radius 3 is 1.96 bits per heavy atom. The topological polar surface area (TPSA) is 29.5 Å². The maximum absolute atomic E-state index is 12.4. The first-order valence-corrected chi connectivity index (χ1v) is 8.16. The van der Waals surface area contributed by atoms with Gasteiger partial charge < -0.3 is 4.74 Å². The van der Waals surface area contributed by atoms with Crippen LogP contribution in [0.25, 0.3) is 0 Å². The monoisotopic (exact) mass is 321 g/mol. The molecule has 3 nitrogen and oxygen atoms in total. The van der Waals surface area contributed by atoms with E-state index in [-0.39, 0.29) is 5.97 Å². The molecule has 124 valence electrons. The van der Waals surface area contributed by atoms with E-state index in [9.17, 15) is 4.79 Å². The molecule has 0 aromatic heterocycles. The molecule has 3 heteroatoms. The van der Waals surface area contributed by atoms with Crippen LogP contribution in [0.3, 0.4) is 0 Å².